The Bertz CT molecular complexity index is 910. The average molecular weight is 513 g/mol. The van der Waals surface area contributed by atoms with Crippen LogP contribution in [0.4, 0.5) is 5.69 Å². The molecule has 0 atom stereocenters. The van der Waals surface area contributed by atoms with E-state index in [-0.39, 0.29) is 11.7 Å². The van der Waals surface area contributed by atoms with Crippen LogP contribution in [0.1, 0.15) is 12.5 Å². The van der Waals surface area contributed by atoms with Gasteiger partial charge in [0.05, 0.1) is 27.7 Å². The summed E-state index contributed by atoms with van der Waals surface area (Å²) in [5, 5.41) is 15.8. The fraction of sp³-hybridized carbons (Fsp3) is 0.111. The summed E-state index contributed by atoms with van der Waals surface area (Å²) in [6.07, 6.45) is 1.75. The van der Waals surface area contributed by atoms with Crippen molar-refractivity contribution in [2.45, 2.75) is 6.92 Å². The van der Waals surface area contributed by atoms with Crippen molar-refractivity contribution in [3.63, 3.8) is 0 Å². The van der Waals surface area contributed by atoms with Gasteiger partial charge in [-0.3, -0.25) is 4.79 Å². The third-order valence-electron chi connectivity index (χ3n) is 3.76. The van der Waals surface area contributed by atoms with Gasteiger partial charge in [-0.05, 0) is 75.3 Å². The summed E-state index contributed by atoms with van der Waals surface area (Å²) in [4.78, 5) is 12.8. The van der Waals surface area contributed by atoms with Gasteiger partial charge in [0.15, 0.2) is 11.5 Å². The van der Waals surface area contributed by atoms with Crippen LogP contribution in [0.5, 0.6) is 11.5 Å². The first-order chi connectivity index (χ1) is 11.9. The Morgan fingerprint density at radius 1 is 1.32 bits per heavy atom. The summed E-state index contributed by atoms with van der Waals surface area (Å²) in [5.41, 5.74) is 2.56. The number of methoxy groups -OCH3 is 1. The number of rotatable bonds is 3. The molecule has 5 nitrogen and oxygen atoms in total. The Morgan fingerprint density at radius 3 is 2.64 bits per heavy atom. The number of carbonyl (C=O) groups is 1. The van der Waals surface area contributed by atoms with Gasteiger partial charge >= 0.3 is 0 Å². The Balaban J connectivity index is 2.05. The minimum absolute atomic E-state index is 0.0613. The summed E-state index contributed by atoms with van der Waals surface area (Å²) in [7, 11) is 1.49. The lowest BCUT2D eigenvalue weighted by molar-refractivity contribution is -0.114. The van der Waals surface area contributed by atoms with E-state index < -0.39 is 0 Å². The number of nitrogens with zero attached hydrogens (tertiary/aromatic N) is 2. The minimum Gasteiger partial charge on any atom is -0.503 e. The van der Waals surface area contributed by atoms with E-state index in [1.54, 1.807) is 19.1 Å². The third kappa shape index (κ3) is 3.30. The number of ether oxygens (including phenoxy) is 1. The van der Waals surface area contributed by atoms with E-state index in [2.05, 4.69) is 21.0 Å². The normalized spacial score (nSPS) is 15.7. The number of amides is 1. The predicted octanol–water partition coefficient (Wildman–Crippen LogP) is 4.57. The molecular weight excluding hydrogens is 499 g/mol. The molecule has 1 N–H and O–H groups in total. The monoisotopic (exact) mass is 512 g/mol. The van der Waals surface area contributed by atoms with Gasteiger partial charge in [-0.15, -0.1) is 0 Å². The summed E-state index contributed by atoms with van der Waals surface area (Å²) in [6, 6.07) is 11.0. The number of phenolic OH excluding ortho intramolecular Hbond substituents is 1. The first-order valence-corrected chi connectivity index (χ1v) is 9.23. The van der Waals surface area contributed by atoms with Gasteiger partial charge in [0, 0.05) is 4.47 Å². The Hall–Kier alpha value is -1.87. The molecule has 0 radical (unpaired) electrons. The van der Waals surface area contributed by atoms with Gasteiger partial charge in [-0.25, -0.2) is 0 Å². The highest BCUT2D eigenvalue weighted by Gasteiger charge is 2.29. The predicted molar refractivity (Wildman–Crippen MR) is 110 cm³/mol. The second-order valence-corrected chi connectivity index (χ2v) is 7.21. The number of para-hydroxylation sites is 1. The van der Waals surface area contributed by atoms with E-state index in [0.29, 0.717) is 30.8 Å². The van der Waals surface area contributed by atoms with Crippen LogP contribution in [-0.4, -0.2) is 23.8 Å². The van der Waals surface area contributed by atoms with Crippen molar-refractivity contribution in [3.05, 3.63) is 55.6 Å². The van der Waals surface area contributed by atoms with Crippen molar-refractivity contribution in [2.75, 3.05) is 12.1 Å². The second-order valence-electron chi connectivity index (χ2n) is 5.34. The number of halogens is 2. The Kier molecular flexibility index (Phi) is 5.14. The second kappa shape index (κ2) is 7.17. The number of benzene rings is 2. The van der Waals surface area contributed by atoms with E-state index in [9.17, 15) is 9.90 Å². The largest absolute Gasteiger partial charge is 0.503 e. The highest BCUT2D eigenvalue weighted by Crippen LogP contribution is 2.40. The van der Waals surface area contributed by atoms with Gasteiger partial charge in [0.1, 0.15) is 0 Å². The standard InChI is InChI=1S/C18H14BrIN2O3/c1-10-13(18(24)22(21-10)12-6-4-3-5-7-12)8-11-9-14(25-2)17(23)16(20)15(11)19/h3-9,23H,1-2H3. The van der Waals surface area contributed by atoms with Crippen LogP contribution >= 0.6 is 38.5 Å². The maximum atomic E-state index is 12.8. The number of hydrogen-bond acceptors (Lipinski definition) is 4. The van der Waals surface area contributed by atoms with Crippen molar-refractivity contribution in [1.29, 1.82) is 0 Å². The molecule has 0 saturated heterocycles. The van der Waals surface area contributed by atoms with Crippen molar-refractivity contribution in [1.82, 2.24) is 0 Å². The molecule has 25 heavy (non-hydrogen) atoms. The molecule has 1 heterocycles. The van der Waals surface area contributed by atoms with Gasteiger partial charge in [-0.2, -0.15) is 10.1 Å². The van der Waals surface area contributed by atoms with E-state index in [4.69, 9.17) is 4.74 Å². The first-order valence-electron chi connectivity index (χ1n) is 7.35. The molecule has 0 aromatic heterocycles. The zero-order valence-corrected chi connectivity index (χ0v) is 17.2. The molecule has 2 aromatic carbocycles. The smallest absolute Gasteiger partial charge is 0.280 e. The fourth-order valence-electron chi connectivity index (χ4n) is 2.46. The number of phenols is 1. The van der Waals surface area contributed by atoms with Gasteiger partial charge in [0.25, 0.3) is 5.91 Å². The Morgan fingerprint density at radius 2 is 2.00 bits per heavy atom. The first kappa shape index (κ1) is 17.9. The van der Waals surface area contributed by atoms with Crippen LogP contribution in [0.2, 0.25) is 0 Å². The highest BCUT2D eigenvalue weighted by molar-refractivity contribution is 14.1. The van der Waals surface area contributed by atoms with E-state index in [1.165, 1.54) is 12.1 Å². The maximum Gasteiger partial charge on any atom is 0.280 e. The molecule has 1 aliphatic heterocycles. The molecule has 7 heteroatoms. The number of hydrazone groups is 1. The van der Waals surface area contributed by atoms with Crippen molar-refractivity contribution >= 4 is 61.9 Å². The van der Waals surface area contributed by atoms with Crippen molar-refractivity contribution in [3.8, 4) is 11.5 Å². The lowest BCUT2D eigenvalue weighted by atomic mass is 10.1. The zero-order valence-electron chi connectivity index (χ0n) is 13.5. The Labute approximate surface area is 167 Å². The minimum atomic E-state index is -0.197. The molecule has 0 bridgehead atoms. The van der Waals surface area contributed by atoms with E-state index in [1.807, 2.05) is 52.9 Å². The third-order valence-corrected chi connectivity index (χ3v) is 6.40. The summed E-state index contributed by atoms with van der Waals surface area (Å²) in [5.74, 6) is 0.211. The van der Waals surface area contributed by atoms with Crippen molar-refractivity contribution in [2.24, 2.45) is 5.10 Å². The molecule has 3 rings (SSSR count). The maximum absolute atomic E-state index is 12.8. The fourth-order valence-corrected chi connectivity index (χ4v) is 3.45. The summed E-state index contributed by atoms with van der Waals surface area (Å²) >= 11 is 5.49. The topological polar surface area (TPSA) is 62.1 Å². The lowest BCUT2D eigenvalue weighted by Gasteiger charge is -2.12. The van der Waals surface area contributed by atoms with Crippen LogP contribution in [0.25, 0.3) is 6.08 Å². The molecule has 2 aromatic rings. The summed E-state index contributed by atoms with van der Waals surface area (Å²) < 4.78 is 6.51. The SMILES string of the molecule is COc1cc(C=C2C(=O)N(c3ccccc3)N=C2C)c(Br)c(I)c1O. The van der Waals surface area contributed by atoms with Crippen LogP contribution in [-0.2, 0) is 4.79 Å². The van der Waals surface area contributed by atoms with Crippen LogP contribution in [0, 0.1) is 3.57 Å². The van der Waals surface area contributed by atoms with Gasteiger partial charge < -0.3 is 9.84 Å². The molecular formula is C18H14BrIN2O3. The number of anilines is 1. The molecule has 1 aliphatic rings. The molecule has 0 saturated carbocycles. The average Bonchev–Trinajstić information content (AvgIpc) is 2.91. The molecule has 0 fully saturated rings. The molecule has 0 spiro atoms. The number of aromatic hydroxyl groups is 1. The van der Waals surface area contributed by atoms with Crippen LogP contribution < -0.4 is 9.75 Å². The van der Waals surface area contributed by atoms with Gasteiger partial charge in [0.2, 0.25) is 0 Å². The molecule has 128 valence electrons. The molecule has 1 amide bonds. The summed E-state index contributed by atoms with van der Waals surface area (Å²) in [6.45, 7) is 1.79. The van der Waals surface area contributed by atoms with E-state index >= 15 is 0 Å². The lowest BCUT2D eigenvalue weighted by Crippen LogP contribution is -2.21. The van der Waals surface area contributed by atoms with Crippen molar-refractivity contribution < 1.29 is 14.6 Å². The molecule has 0 aliphatic carbocycles. The van der Waals surface area contributed by atoms with Gasteiger partial charge in [-0.1, -0.05) is 18.2 Å². The number of hydrogen-bond donors (Lipinski definition) is 1. The van der Waals surface area contributed by atoms with Crippen LogP contribution in [0.15, 0.2) is 51.5 Å². The quantitative estimate of drug-likeness (QED) is 0.484. The number of carbonyl (C=O) groups excluding carboxylic acids is 1. The van der Waals surface area contributed by atoms with Crippen LogP contribution in [0.3, 0.4) is 0 Å². The molecule has 0 unspecified atom stereocenters. The highest BCUT2D eigenvalue weighted by atomic mass is 127. The van der Waals surface area contributed by atoms with E-state index in [0.717, 1.165) is 5.56 Å². The zero-order chi connectivity index (χ0) is 18.1.